The maximum atomic E-state index is 13.2. The molecular weight excluding hydrogens is 491 g/mol. The number of hydrogen-bond acceptors (Lipinski definition) is 4. The lowest BCUT2D eigenvalue weighted by Gasteiger charge is -2.15. The Hall–Kier alpha value is -2.71. The highest BCUT2D eigenvalue weighted by Gasteiger charge is 2.13. The number of rotatable bonds is 5. The van der Waals surface area contributed by atoms with Gasteiger partial charge in [-0.25, -0.2) is 4.98 Å². The first-order valence-electron chi connectivity index (χ1n) is 9.61. The summed E-state index contributed by atoms with van der Waals surface area (Å²) in [5.41, 5.74) is 5.19. The zero-order chi connectivity index (χ0) is 21.3. The molecule has 0 fully saturated rings. The molecule has 4 aromatic rings. The number of benzene rings is 3. The number of nitrogens with zero attached hydrogens (tertiary/aromatic N) is 2. The van der Waals surface area contributed by atoms with Gasteiger partial charge in [-0.05, 0) is 95.6 Å². The van der Waals surface area contributed by atoms with Crippen LogP contribution in [0.5, 0.6) is 5.75 Å². The van der Waals surface area contributed by atoms with Gasteiger partial charge < -0.3 is 9.84 Å². The lowest BCUT2D eigenvalue weighted by molar-refractivity contribution is 0.200. The van der Waals surface area contributed by atoms with E-state index in [-0.39, 0.29) is 18.8 Å². The molecule has 6 heteroatoms. The smallest absolute Gasteiger partial charge is 0.265 e. The van der Waals surface area contributed by atoms with Gasteiger partial charge in [-0.2, -0.15) is 0 Å². The number of para-hydroxylation sites is 1. The molecule has 0 saturated heterocycles. The molecule has 152 valence electrons. The zero-order valence-electron chi connectivity index (χ0n) is 16.7. The molecule has 0 saturated carbocycles. The number of fused-ring (bicyclic) bond motifs is 1. The first-order valence-corrected chi connectivity index (χ1v) is 10.7. The Balaban J connectivity index is 1.84. The summed E-state index contributed by atoms with van der Waals surface area (Å²) in [4.78, 5) is 17.8. The van der Waals surface area contributed by atoms with E-state index < -0.39 is 0 Å². The fourth-order valence-corrected chi connectivity index (χ4v) is 4.01. The topological polar surface area (TPSA) is 64.4 Å². The Bertz CT molecular complexity index is 1260. The summed E-state index contributed by atoms with van der Waals surface area (Å²) in [6.45, 7) is 4.19. The first-order chi connectivity index (χ1) is 14.5. The molecule has 0 spiro atoms. The number of halogens is 1. The van der Waals surface area contributed by atoms with E-state index in [1.54, 1.807) is 10.9 Å². The summed E-state index contributed by atoms with van der Waals surface area (Å²) in [6.07, 6.45) is 1.59. The third kappa shape index (κ3) is 3.85. The summed E-state index contributed by atoms with van der Waals surface area (Å²) < 4.78 is 8.35. The number of ether oxygens (including phenoxy) is 1. The Morgan fingerprint density at radius 1 is 1.07 bits per heavy atom. The molecule has 0 aliphatic rings. The average molecular weight is 512 g/mol. The highest BCUT2D eigenvalue weighted by Crippen LogP contribution is 2.32. The molecule has 4 rings (SSSR count). The fraction of sp³-hybridized carbons (Fsp3) is 0.167. The minimum Gasteiger partial charge on any atom is -0.491 e. The molecule has 0 unspecified atom stereocenters. The molecule has 3 aromatic carbocycles. The molecule has 5 nitrogen and oxygen atoms in total. The number of aryl methyl sites for hydroxylation is 2. The summed E-state index contributed by atoms with van der Waals surface area (Å²) in [6, 6.07) is 17.5. The molecule has 0 aliphatic carbocycles. The van der Waals surface area contributed by atoms with E-state index in [0.29, 0.717) is 10.9 Å². The molecule has 0 radical (unpaired) electrons. The number of aromatic nitrogens is 2. The van der Waals surface area contributed by atoms with E-state index in [4.69, 9.17) is 9.84 Å². The maximum Gasteiger partial charge on any atom is 0.265 e. The van der Waals surface area contributed by atoms with Crippen molar-refractivity contribution in [1.82, 2.24) is 9.55 Å². The lowest BCUT2D eigenvalue weighted by Crippen LogP contribution is -2.19. The van der Waals surface area contributed by atoms with Gasteiger partial charge in [-0.15, -0.1) is 0 Å². The molecule has 0 amide bonds. The van der Waals surface area contributed by atoms with Crippen LogP contribution >= 0.6 is 22.6 Å². The van der Waals surface area contributed by atoms with E-state index in [9.17, 15) is 4.79 Å². The lowest BCUT2D eigenvalue weighted by atomic mass is 9.98. The van der Waals surface area contributed by atoms with Crippen LogP contribution in [0.3, 0.4) is 0 Å². The molecule has 0 aliphatic heterocycles. The molecule has 1 N–H and O–H groups in total. The molecule has 1 aromatic heterocycles. The molecule has 0 bridgehead atoms. The highest BCUT2D eigenvalue weighted by atomic mass is 127. The minimum absolute atomic E-state index is 0.0271. The predicted octanol–water partition coefficient (Wildman–Crippen LogP) is 4.65. The predicted molar refractivity (Wildman–Crippen MR) is 128 cm³/mol. The van der Waals surface area contributed by atoms with Gasteiger partial charge in [-0.3, -0.25) is 9.36 Å². The molecule has 1 heterocycles. The van der Waals surface area contributed by atoms with Crippen molar-refractivity contribution in [1.29, 1.82) is 0 Å². The van der Waals surface area contributed by atoms with Gasteiger partial charge in [0, 0.05) is 9.13 Å². The van der Waals surface area contributed by atoms with Crippen molar-refractivity contribution in [3.8, 4) is 22.6 Å². The van der Waals surface area contributed by atoms with Crippen LogP contribution in [0, 0.1) is 17.4 Å². The van der Waals surface area contributed by atoms with Gasteiger partial charge in [-0.1, -0.05) is 12.1 Å². The van der Waals surface area contributed by atoms with Crippen LogP contribution in [0.1, 0.15) is 11.1 Å². The normalized spacial score (nSPS) is 11.1. The van der Waals surface area contributed by atoms with E-state index in [1.165, 1.54) is 0 Å². The van der Waals surface area contributed by atoms with Gasteiger partial charge >= 0.3 is 0 Å². The summed E-state index contributed by atoms with van der Waals surface area (Å²) in [5.74, 6) is 0.780. The Kier molecular flexibility index (Phi) is 5.87. The van der Waals surface area contributed by atoms with Gasteiger partial charge in [0.25, 0.3) is 5.56 Å². The zero-order valence-corrected chi connectivity index (χ0v) is 18.9. The minimum atomic E-state index is -0.0978. The maximum absolute atomic E-state index is 13.2. The molecule has 30 heavy (non-hydrogen) atoms. The van der Waals surface area contributed by atoms with Crippen LogP contribution in [-0.4, -0.2) is 27.9 Å². The molecular formula is C24H21IN2O3. The van der Waals surface area contributed by atoms with Crippen molar-refractivity contribution in [2.45, 2.75) is 13.8 Å². The van der Waals surface area contributed by atoms with Crippen LogP contribution in [0.25, 0.3) is 27.7 Å². The quantitative estimate of drug-likeness (QED) is 0.396. The second-order valence-corrected chi connectivity index (χ2v) is 8.35. The number of aliphatic hydroxyl groups excluding tert-OH is 1. The number of aliphatic hydroxyl groups is 1. The Morgan fingerprint density at radius 2 is 1.77 bits per heavy atom. The second kappa shape index (κ2) is 8.57. The van der Waals surface area contributed by atoms with E-state index >= 15 is 0 Å². The van der Waals surface area contributed by atoms with Gasteiger partial charge in [0.2, 0.25) is 0 Å². The Labute approximate surface area is 188 Å². The van der Waals surface area contributed by atoms with Gasteiger partial charge in [0.05, 0.1) is 23.2 Å². The van der Waals surface area contributed by atoms with Gasteiger partial charge in [0.15, 0.2) is 0 Å². The second-order valence-electron chi connectivity index (χ2n) is 7.11. The van der Waals surface area contributed by atoms with Crippen LogP contribution < -0.4 is 10.3 Å². The van der Waals surface area contributed by atoms with Crippen molar-refractivity contribution < 1.29 is 9.84 Å². The van der Waals surface area contributed by atoms with Crippen LogP contribution in [-0.2, 0) is 0 Å². The molecule has 0 atom stereocenters. The van der Waals surface area contributed by atoms with Crippen molar-refractivity contribution in [3.63, 3.8) is 0 Å². The highest BCUT2D eigenvalue weighted by molar-refractivity contribution is 14.1. The van der Waals surface area contributed by atoms with E-state index in [0.717, 1.165) is 37.3 Å². The number of hydrogen-bond donors (Lipinski definition) is 1. The summed E-state index contributed by atoms with van der Waals surface area (Å²) in [5, 5.41) is 9.61. The van der Waals surface area contributed by atoms with Crippen molar-refractivity contribution in [2.75, 3.05) is 13.2 Å². The monoisotopic (exact) mass is 512 g/mol. The van der Waals surface area contributed by atoms with Crippen LogP contribution in [0.2, 0.25) is 0 Å². The fourth-order valence-electron chi connectivity index (χ4n) is 3.65. The first kappa shape index (κ1) is 20.6. The van der Waals surface area contributed by atoms with Gasteiger partial charge in [0.1, 0.15) is 18.7 Å². The average Bonchev–Trinajstić information content (AvgIpc) is 2.74. The van der Waals surface area contributed by atoms with Crippen molar-refractivity contribution in [2.24, 2.45) is 0 Å². The van der Waals surface area contributed by atoms with Crippen molar-refractivity contribution >= 4 is 33.5 Å². The summed E-state index contributed by atoms with van der Waals surface area (Å²) >= 11 is 2.24. The van der Waals surface area contributed by atoms with E-state index in [1.807, 2.05) is 68.4 Å². The standard InChI is InChI=1S/C24H21IN2O3/c1-15-12-17(13-16(2)23(15)30-11-10-28)20-4-3-5-21-22(20)26-14-27(24(21)29)19-8-6-18(25)7-9-19/h3-9,12-14,28H,10-11H2,1-2H3. The van der Waals surface area contributed by atoms with E-state index in [2.05, 4.69) is 27.6 Å². The summed E-state index contributed by atoms with van der Waals surface area (Å²) in [7, 11) is 0. The van der Waals surface area contributed by atoms with Crippen LogP contribution in [0.15, 0.2) is 65.7 Å². The van der Waals surface area contributed by atoms with Crippen molar-refractivity contribution in [3.05, 3.63) is 86.0 Å². The third-order valence-electron chi connectivity index (χ3n) is 5.00. The largest absolute Gasteiger partial charge is 0.491 e. The SMILES string of the molecule is Cc1cc(-c2cccc3c(=O)n(-c4ccc(I)cc4)cnc23)cc(C)c1OCCO. The van der Waals surface area contributed by atoms with Crippen LogP contribution in [0.4, 0.5) is 0 Å². The Morgan fingerprint density at radius 3 is 2.43 bits per heavy atom. The third-order valence-corrected chi connectivity index (χ3v) is 5.72.